The van der Waals surface area contributed by atoms with Crippen LogP contribution in [0.15, 0.2) is 18.2 Å². The van der Waals surface area contributed by atoms with Gasteiger partial charge in [-0.15, -0.1) is 10.2 Å². The van der Waals surface area contributed by atoms with Gasteiger partial charge in [0, 0.05) is 25.1 Å². The Bertz CT molecular complexity index is 1040. The molecule has 2 aliphatic rings. The summed E-state index contributed by atoms with van der Waals surface area (Å²) in [5.74, 6) is 0.462. The van der Waals surface area contributed by atoms with Gasteiger partial charge in [-0.2, -0.15) is 4.31 Å². The number of carbonyl (C=O) groups excluding carboxylic acids is 1. The van der Waals surface area contributed by atoms with Gasteiger partial charge < -0.3 is 9.88 Å². The molecule has 8 nitrogen and oxygen atoms in total. The number of amides is 1. The van der Waals surface area contributed by atoms with Gasteiger partial charge in [0.15, 0.2) is 5.82 Å². The Balaban J connectivity index is 1.60. The third-order valence-electron chi connectivity index (χ3n) is 5.52. The molecule has 1 aromatic carbocycles. The zero-order valence-electron chi connectivity index (χ0n) is 16.3. The molecule has 2 aliphatic heterocycles. The molecule has 3 heterocycles. The molecule has 1 unspecified atom stereocenters. The Labute approximate surface area is 169 Å². The van der Waals surface area contributed by atoms with Crippen molar-refractivity contribution in [1.29, 1.82) is 0 Å². The molecular formula is C19H24FN5O3S. The van der Waals surface area contributed by atoms with Crippen molar-refractivity contribution in [3.63, 3.8) is 0 Å². The molecule has 1 amide bonds. The highest BCUT2D eigenvalue weighted by Gasteiger charge is 2.36. The third-order valence-corrected chi connectivity index (χ3v) is 6.81. The van der Waals surface area contributed by atoms with E-state index in [4.69, 9.17) is 0 Å². The number of rotatable bonds is 4. The van der Waals surface area contributed by atoms with E-state index in [9.17, 15) is 17.6 Å². The van der Waals surface area contributed by atoms with Gasteiger partial charge in [0.05, 0.1) is 11.9 Å². The summed E-state index contributed by atoms with van der Waals surface area (Å²) in [5, 5.41) is 11.1. The van der Waals surface area contributed by atoms with Crippen molar-refractivity contribution in [2.45, 2.75) is 51.1 Å². The van der Waals surface area contributed by atoms with E-state index in [0.29, 0.717) is 30.8 Å². The molecular weight excluding hydrogens is 397 g/mol. The smallest absolute Gasteiger partial charge is 0.242 e. The molecule has 4 rings (SSSR count). The summed E-state index contributed by atoms with van der Waals surface area (Å²) in [5.41, 5.74) is 0.674. The third kappa shape index (κ3) is 4.04. The number of nitrogens with zero attached hydrogens (tertiary/aromatic N) is 4. The molecule has 0 aliphatic carbocycles. The van der Waals surface area contributed by atoms with Crippen LogP contribution in [0.3, 0.4) is 0 Å². The van der Waals surface area contributed by atoms with Crippen molar-refractivity contribution in [3.05, 3.63) is 29.8 Å². The monoisotopic (exact) mass is 421 g/mol. The van der Waals surface area contributed by atoms with E-state index in [1.807, 2.05) is 4.57 Å². The van der Waals surface area contributed by atoms with Crippen LogP contribution in [0.25, 0.3) is 11.4 Å². The summed E-state index contributed by atoms with van der Waals surface area (Å²) in [4.78, 5) is 12.7. The average molecular weight is 421 g/mol. The molecule has 29 heavy (non-hydrogen) atoms. The largest absolute Gasteiger partial charge is 0.322 e. The fourth-order valence-corrected chi connectivity index (χ4v) is 5.20. The Morgan fingerprint density at radius 1 is 1.17 bits per heavy atom. The van der Waals surface area contributed by atoms with Gasteiger partial charge in [0.2, 0.25) is 15.9 Å². The van der Waals surface area contributed by atoms with E-state index < -0.39 is 27.8 Å². The Morgan fingerprint density at radius 3 is 2.79 bits per heavy atom. The van der Waals surface area contributed by atoms with Gasteiger partial charge in [-0.25, -0.2) is 12.8 Å². The minimum atomic E-state index is -3.50. The summed E-state index contributed by atoms with van der Waals surface area (Å²) in [6.07, 6.45) is 6.19. The summed E-state index contributed by atoms with van der Waals surface area (Å²) in [6.45, 7) is 1.10. The van der Waals surface area contributed by atoms with Crippen molar-refractivity contribution in [1.82, 2.24) is 19.1 Å². The number of aryl methyl sites for hydroxylation is 1. The topological polar surface area (TPSA) is 97.2 Å². The molecule has 2 aromatic rings. The highest BCUT2D eigenvalue weighted by atomic mass is 32.2. The molecule has 1 fully saturated rings. The van der Waals surface area contributed by atoms with Crippen LogP contribution in [0.1, 0.15) is 37.9 Å². The van der Waals surface area contributed by atoms with Gasteiger partial charge >= 0.3 is 0 Å². The predicted molar refractivity (Wildman–Crippen MR) is 106 cm³/mol. The lowest BCUT2D eigenvalue weighted by molar-refractivity contribution is -0.119. The van der Waals surface area contributed by atoms with Gasteiger partial charge in [-0.05, 0) is 43.9 Å². The lowest BCUT2D eigenvalue weighted by Crippen LogP contribution is -2.42. The van der Waals surface area contributed by atoms with Gasteiger partial charge in [0.1, 0.15) is 17.7 Å². The van der Waals surface area contributed by atoms with Crippen LogP contribution in [0.5, 0.6) is 0 Å². The lowest BCUT2D eigenvalue weighted by atomic mass is 10.1. The minimum absolute atomic E-state index is 0.0128. The fraction of sp³-hybridized carbons (Fsp3) is 0.526. The van der Waals surface area contributed by atoms with Crippen LogP contribution in [-0.4, -0.2) is 52.2 Å². The van der Waals surface area contributed by atoms with Gasteiger partial charge in [0.25, 0.3) is 0 Å². The zero-order chi connectivity index (χ0) is 20.6. The van der Waals surface area contributed by atoms with E-state index in [-0.39, 0.29) is 5.69 Å². The van der Waals surface area contributed by atoms with Crippen LogP contribution in [0.2, 0.25) is 0 Å². The first kappa shape index (κ1) is 20.0. The normalized spacial score (nSPS) is 20.3. The molecule has 156 valence electrons. The summed E-state index contributed by atoms with van der Waals surface area (Å²) in [6, 6.07) is 3.62. The predicted octanol–water partition coefficient (Wildman–Crippen LogP) is 2.17. The van der Waals surface area contributed by atoms with Crippen molar-refractivity contribution >= 4 is 21.6 Å². The maximum atomic E-state index is 14.4. The van der Waals surface area contributed by atoms with Crippen molar-refractivity contribution in [3.8, 4) is 11.4 Å². The summed E-state index contributed by atoms with van der Waals surface area (Å²) in [7, 11) is -3.50. The molecule has 1 aromatic heterocycles. The molecule has 1 atom stereocenters. The van der Waals surface area contributed by atoms with Gasteiger partial charge in [-0.1, -0.05) is 6.42 Å². The first-order valence-corrected chi connectivity index (χ1v) is 11.7. The quantitative estimate of drug-likeness (QED) is 0.816. The number of sulfonamides is 1. The van der Waals surface area contributed by atoms with Crippen molar-refractivity contribution in [2.24, 2.45) is 0 Å². The molecule has 1 saturated heterocycles. The van der Waals surface area contributed by atoms with E-state index in [2.05, 4.69) is 15.5 Å². The standard InChI is InChI=1S/C19H24FN5O3S/c1-29(27,28)25-11-5-6-16(25)19(26)21-15-12-13(8-9-14(15)20)18-23-22-17-7-3-2-4-10-24(17)18/h8-9,12,16H,2-7,10-11H2,1H3,(H,21,26). The second-order valence-electron chi connectivity index (χ2n) is 7.62. The number of benzene rings is 1. The first-order chi connectivity index (χ1) is 13.8. The summed E-state index contributed by atoms with van der Waals surface area (Å²) < 4.78 is 41.4. The fourth-order valence-electron chi connectivity index (χ4n) is 4.07. The number of aromatic nitrogens is 3. The molecule has 0 radical (unpaired) electrons. The van der Waals surface area contributed by atoms with Crippen LogP contribution < -0.4 is 5.32 Å². The van der Waals surface area contributed by atoms with Crippen molar-refractivity contribution < 1.29 is 17.6 Å². The molecule has 0 saturated carbocycles. The number of fused-ring (bicyclic) bond motifs is 1. The first-order valence-electron chi connectivity index (χ1n) is 9.84. The van der Waals surface area contributed by atoms with Crippen LogP contribution in [-0.2, 0) is 27.8 Å². The SMILES string of the molecule is CS(=O)(=O)N1CCCC1C(=O)Nc1cc(-c2nnc3n2CCCCC3)ccc1F. The second kappa shape index (κ2) is 7.83. The van der Waals surface area contributed by atoms with E-state index in [0.717, 1.165) is 44.3 Å². The second-order valence-corrected chi connectivity index (χ2v) is 9.55. The number of carbonyl (C=O) groups is 1. The molecule has 0 bridgehead atoms. The molecule has 1 N–H and O–H groups in total. The van der Waals surface area contributed by atoms with E-state index >= 15 is 0 Å². The Kier molecular flexibility index (Phi) is 5.39. The highest BCUT2D eigenvalue weighted by Crippen LogP contribution is 2.28. The number of hydrogen-bond acceptors (Lipinski definition) is 5. The Hall–Kier alpha value is -2.33. The van der Waals surface area contributed by atoms with Crippen LogP contribution in [0, 0.1) is 5.82 Å². The van der Waals surface area contributed by atoms with E-state index in [1.54, 1.807) is 6.07 Å². The molecule has 0 spiro atoms. The average Bonchev–Trinajstić information content (AvgIpc) is 3.26. The van der Waals surface area contributed by atoms with E-state index in [1.165, 1.54) is 16.4 Å². The van der Waals surface area contributed by atoms with Crippen molar-refractivity contribution in [2.75, 3.05) is 18.1 Å². The Morgan fingerprint density at radius 2 is 2.00 bits per heavy atom. The number of anilines is 1. The lowest BCUT2D eigenvalue weighted by Gasteiger charge is -2.21. The highest BCUT2D eigenvalue weighted by molar-refractivity contribution is 7.88. The maximum Gasteiger partial charge on any atom is 0.242 e. The zero-order valence-corrected chi connectivity index (χ0v) is 17.1. The number of halogens is 1. The van der Waals surface area contributed by atoms with Crippen LogP contribution >= 0.6 is 0 Å². The van der Waals surface area contributed by atoms with Crippen LogP contribution in [0.4, 0.5) is 10.1 Å². The van der Waals surface area contributed by atoms with Gasteiger partial charge in [-0.3, -0.25) is 4.79 Å². The number of nitrogens with one attached hydrogen (secondary N) is 1. The summed E-state index contributed by atoms with van der Waals surface area (Å²) >= 11 is 0. The molecule has 10 heteroatoms. The number of hydrogen-bond donors (Lipinski definition) is 1. The maximum absolute atomic E-state index is 14.4. The minimum Gasteiger partial charge on any atom is -0.322 e.